The van der Waals surface area contributed by atoms with Gasteiger partial charge in [-0.3, -0.25) is 28.6 Å². The van der Waals surface area contributed by atoms with Crippen molar-refractivity contribution >= 4 is 45.6 Å². The molecule has 2 aliphatic rings. The Bertz CT molecular complexity index is 2340. The van der Waals surface area contributed by atoms with Crippen LogP contribution in [0.5, 0.6) is 57.5 Å². The molecule has 0 unspecified atom stereocenters. The van der Waals surface area contributed by atoms with Gasteiger partial charge in [-0.2, -0.15) is 0 Å². The van der Waals surface area contributed by atoms with Crippen LogP contribution in [0.4, 0.5) is 15.8 Å². The molecule has 69 heavy (non-hydrogen) atoms. The summed E-state index contributed by atoms with van der Waals surface area (Å²) in [4.78, 5) is 39.7. The molecule has 2 heterocycles. The first-order valence-corrected chi connectivity index (χ1v) is 20.5. The van der Waals surface area contributed by atoms with Crippen LogP contribution < -0.4 is 195 Å². The number of halogens is 2. The van der Waals surface area contributed by atoms with Gasteiger partial charge in [-0.15, -0.1) is 6.58 Å². The molecule has 2 aliphatic heterocycles. The molecule has 0 saturated carbocycles. The Kier molecular flexibility index (Phi) is 31.5. The third kappa shape index (κ3) is 16.4. The van der Waals surface area contributed by atoms with Crippen LogP contribution in [0.1, 0.15) is 26.0 Å². The molecule has 6 rings (SSSR count). The summed E-state index contributed by atoms with van der Waals surface area (Å²) >= 11 is 3.13. The molecule has 0 aromatic heterocycles. The molecule has 0 aliphatic carbocycles. The molecule has 21 heteroatoms. The monoisotopic (exact) mass is 1270 g/mol. The summed E-state index contributed by atoms with van der Waals surface area (Å²) in [7, 11) is 11.2. The van der Waals surface area contributed by atoms with Crippen molar-refractivity contribution in [2.45, 2.75) is 12.1 Å². The van der Waals surface area contributed by atoms with Crippen LogP contribution in [0.15, 0.2) is 110 Å². The zero-order valence-electron chi connectivity index (χ0n) is 42.4. The summed E-state index contributed by atoms with van der Waals surface area (Å²) in [5.74, 6) is 3.79. The first kappa shape index (κ1) is 63.7. The quantitative estimate of drug-likeness (QED) is 0.0306. The number of allylic oxidation sites excluding steroid dienone is 1. The van der Waals surface area contributed by atoms with Gasteiger partial charge in [-0.25, -0.2) is 0 Å². The molecule has 2 fully saturated rings. The predicted molar refractivity (Wildman–Crippen MR) is 254 cm³/mol. The Labute approximate surface area is 531 Å². The van der Waals surface area contributed by atoms with Gasteiger partial charge in [0.15, 0.2) is 46.0 Å². The number of hydrogen-bond acceptors (Lipinski definition) is 15. The fraction of sp³-hybridized carbons (Fsp3) is 0.271. The number of methoxy groups -OCH3 is 8. The van der Waals surface area contributed by atoms with Gasteiger partial charge in [0.05, 0.1) is 88.9 Å². The maximum absolute atomic E-state index is 12.7. The molecule has 364 valence electrons. The van der Waals surface area contributed by atoms with E-state index < -0.39 is 13.2 Å². The number of amides is 2. The topological polar surface area (TPSA) is 193 Å². The maximum atomic E-state index is 12.7. The summed E-state index contributed by atoms with van der Waals surface area (Å²) in [5, 5.41) is 19.4. The normalized spacial score (nSPS) is 13.9. The molecule has 2 saturated heterocycles. The van der Waals surface area contributed by atoms with Gasteiger partial charge in [0.1, 0.15) is 6.61 Å². The van der Waals surface area contributed by atoms with Gasteiger partial charge in [-0.1, -0.05) is 60.0 Å². The van der Waals surface area contributed by atoms with Crippen LogP contribution in [-0.2, 0) is 19.3 Å². The number of alkyl halides is 2. The van der Waals surface area contributed by atoms with Crippen LogP contribution in [0.3, 0.4) is 0 Å². The van der Waals surface area contributed by atoms with E-state index in [4.69, 9.17) is 54.1 Å². The summed E-state index contributed by atoms with van der Waals surface area (Å²) in [6, 6.07) is 16.6. The van der Waals surface area contributed by atoms with Gasteiger partial charge in [-0.05, 0) is 35.4 Å². The number of carbonyl (C=O) groups is 3. The maximum Gasteiger partial charge on any atom is 1.00 e. The number of ether oxygens (including phenoxy) is 9. The van der Waals surface area contributed by atoms with Crippen molar-refractivity contribution < 1.29 is 217 Å². The molecule has 17 nitrogen and oxygen atoms in total. The Morgan fingerprint density at radius 3 is 1.30 bits per heavy atom. The largest absolute Gasteiger partial charge is 1.00 e. The predicted octanol–water partition coefficient (Wildman–Crippen LogP) is 1.71. The molecule has 0 bridgehead atoms. The van der Waals surface area contributed by atoms with Crippen LogP contribution >= 0.6 is 15.9 Å². The Morgan fingerprint density at radius 1 is 0.667 bits per heavy atom. The molecule has 4 aromatic carbocycles. The van der Waals surface area contributed by atoms with Crippen LogP contribution in [0, 0.1) is 0 Å². The smallest absolute Gasteiger partial charge is 1.00 e. The van der Waals surface area contributed by atoms with Crippen molar-refractivity contribution in [1.29, 1.82) is 0 Å². The van der Waals surface area contributed by atoms with E-state index in [0.717, 1.165) is 10.9 Å². The van der Waals surface area contributed by atoms with Crippen molar-refractivity contribution in [1.82, 2.24) is 0 Å². The van der Waals surface area contributed by atoms with E-state index in [1.165, 1.54) is 49.8 Å². The van der Waals surface area contributed by atoms with Gasteiger partial charge < -0.3 is 59.3 Å². The van der Waals surface area contributed by atoms with Crippen molar-refractivity contribution in [3.8, 4) is 57.5 Å². The van der Waals surface area contributed by atoms with E-state index in [-0.39, 0.29) is 169 Å². The van der Waals surface area contributed by atoms with Crippen LogP contribution in [0.2, 0.25) is 0 Å². The van der Waals surface area contributed by atoms with E-state index in [0.29, 0.717) is 86.4 Å². The molecule has 2 amide bonds. The van der Waals surface area contributed by atoms with E-state index >= 15 is 0 Å². The standard InChI is InChI=1S/C23H25NO6.C20H21NO6.C3H5Br.CH3F.CH2O3.2Cs.H/c1-7-10-30-18-11-15(8-9-17(18)26-3)21-14(2)23(25)24(21)16-12-19(27-4)22(29-6)20(13-16)28-5;1-11-18(12-6-7-15(24-2)14(22)8-12)21(20(11)23)13-9-16(25-3)19(27-5)17(10-13)26-4;1-2-3-4;1-2;2-1-4-3;;;/h7-9,11-13,21H,1-2,10H2,3-6H3;6-10,18,22H,1H2,2-5H3;2H,1,3H2;1H3;1,3H;;;/q;;;;;2*+1;-1/p-1/t21-;18-;;;;;;/m11....../s1/i;;;1D;;;;. The van der Waals surface area contributed by atoms with Crippen LogP contribution in [-0.4, -0.2) is 99.4 Å². The van der Waals surface area contributed by atoms with Gasteiger partial charge in [0.25, 0.3) is 18.3 Å². The van der Waals surface area contributed by atoms with E-state index in [1.54, 1.807) is 77.6 Å². The average molecular weight is 1270 g/mol. The summed E-state index contributed by atoms with van der Waals surface area (Å²) < 4.78 is 63.9. The first-order chi connectivity index (χ1) is 32.7. The molecule has 1 N–H and O–H groups in total. The third-order valence-corrected chi connectivity index (χ3v) is 10.0. The number of nitrogens with zero attached hydrogens (tertiary/aromatic N) is 2. The number of phenols is 1. The number of β-lactam (4-membered cyclic amide) rings is 2. The molecular formula is C48H56BrCs2FN2O15. The van der Waals surface area contributed by atoms with E-state index in [9.17, 15) is 19.1 Å². The third-order valence-electron chi connectivity index (χ3n) is 9.55. The van der Waals surface area contributed by atoms with E-state index in [2.05, 4.69) is 47.1 Å². The first-order valence-electron chi connectivity index (χ1n) is 20.1. The number of anilines is 2. The average Bonchev–Trinajstić information content (AvgIpc) is 3.37. The molecule has 0 spiro atoms. The van der Waals surface area contributed by atoms with E-state index in [1.807, 2.05) is 12.1 Å². The zero-order valence-corrected chi connectivity index (χ0v) is 54.6. The Balaban J connectivity index is 0. The minimum Gasteiger partial charge on any atom is -1.00 e. The second kappa shape index (κ2) is 34.2. The Hall–Kier alpha value is -3.28. The van der Waals surface area contributed by atoms with Crippen LogP contribution in [0.25, 0.3) is 0 Å². The number of hydrogen-bond donors (Lipinski definition) is 1. The second-order valence-electron chi connectivity index (χ2n) is 13.0. The van der Waals surface area contributed by atoms with Gasteiger partial charge in [0.2, 0.25) is 11.5 Å². The zero-order chi connectivity index (χ0) is 51.1. The van der Waals surface area contributed by atoms with Crippen molar-refractivity contribution in [3.63, 3.8) is 0 Å². The fourth-order valence-electron chi connectivity index (χ4n) is 6.61. The number of carbonyl (C=O) groups excluding carboxylic acids is 3. The second-order valence-corrected chi connectivity index (χ2v) is 13.7. The minimum absolute atomic E-state index is 0. The summed E-state index contributed by atoms with van der Waals surface area (Å²) in [6.07, 6.45) is 3.44. The molecule has 0 radical (unpaired) electrons. The number of rotatable bonds is 17. The number of aromatic hydroxyl groups is 1. The van der Waals surface area contributed by atoms with Gasteiger partial charge in [0, 0.05) is 40.7 Å². The number of phenolic OH excluding ortho intramolecular Hbond substituents is 1. The molecule has 4 aromatic rings. The molecular weight excluding hydrogens is 1210 g/mol. The minimum atomic E-state index is -1.00. The summed E-state index contributed by atoms with van der Waals surface area (Å²) in [5.41, 5.74) is 3.63. The van der Waals surface area contributed by atoms with Crippen molar-refractivity contribution in [2.24, 2.45) is 0 Å². The van der Waals surface area contributed by atoms with Crippen molar-refractivity contribution in [2.75, 3.05) is 85.8 Å². The van der Waals surface area contributed by atoms with Gasteiger partial charge >= 0.3 is 138 Å². The SMILES string of the molecule is C=C1C(=O)N(c2cc(OC)c(OC)c(OC)c2)[C@H]1c1ccc(OC)c(O)c1.C=CCBr.C=CCOc1cc([C@H]2C(=C)C(=O)N2c2cc(OC)c(OC)c(OC)c2)ccc1OC.O=CO[O-].[2H]CF.[Cs+].[Cs+].[H-]. The van der Waals surface area contributed by atoms with Crippen molar-refractivity contribution in [3.05, 3.63) is 121 Å². The number of benzene rings is 4. The Morgan fingerprint density at radius 2 is 1.01 bits per heavy atom. The fourth-order valence-corrected chi connectivity index (χ4v) is 6.61. The molecule has 2 atom stereocenters. The summed E-state index contributed by atoms with van der Waals surface area (Å²) in [6.45, 7) is 15.1.